The van der Waals surface area contributed by atoms with E-state index in [0.717, 1.165) is 29.2 Å². The van der Waals surface area contributed by atoms with E-state index in [1.165, 1.54) is 31.2 Å². The van der Waals surface area contributed by atoms with Gasteiger partial charge in [0.15, 0.2) is 5.78 Å². The summed E-state index contributed by atoms with van der Waals surface area (Å²) < 4.78 is 86.4. The summed E-state index contributed by atoms with van der Waals surface area (Å²) in [6, 6.07) is 9.00. The number of amides is 2. The average Bonchev–Trinajstić information content (AvgIpc) is 3.02. The predicted molar refractivity (Wildman–Crippen MR) is 132 cm³/mol. The average molecular weight is 568 g/mol. The molecule has 0 saturated carbocycles. The van der Waals surface area contributed by atoms with Crippen molar-refractivity contribution in [1.29, 1.82) is 0 Å². The second kappa shape index (κ2) is 9.56. The number of rotatable bonds is 6. The molecule has 0 bridgehead atoms. The van der Waals surface area contributed by atoms with Gasteiger partial charge in [-0.2, -0.15) is 17.9 Å². The third-order valence-corrected chi connectivity index (χ3v) is 8.04. The first-order chi connectivity index (χ1) is 18.0. The van der Waals surface area contributed by atoms with Crippen molar-refractivity contribution in [1.82, 2.24) is 9.62 Å². The molecule has 8 nitrogen and oxygen atoms in total. The van der Waals surface area contributed by atoms with Crippen molar-refractivity contribution in [3.63, 3.8) is 0 Å². The molecule has 0 saturated heterocycles. The van der Waals surface area contributed by atoms with Crippen LogP contribution in [-0.2, 0) is 31.0 Å². The van der Waals surface area contributed by atoms with Gasteiger partial charge in [0.25, 0.3) is 5.91 Å². The zero-order chi connectivity index (χ0) is 29.0. The van der Waals surface area contributed by atoms with Crippen LogP contribution < -0.4 is 10.0 Å². The Morgan fingerprint density at radius 2 is 1.59 bits per heavy atom. The molecule has 13 heteroatoms. The zero-order valence-electron chi connectivity index (χ0n) is 21.1. The van der Waals surface area contributed by atoms with Crippen LogP contribution in [0.15, 0.2) is 64.7 Å². The van der Waals surface area contributed by atoms with Gasteiger partial charge in [0, 0.05) is 24.7 Å². The summed E-state index contributed by atoms with van der Waals surface area (Å²) in [5.74, 6) is -3.72. The number of nitrogens with zero attached hydrogens (tertiary/aromatic N) is 1. The molecule has 0 aromatic heterocycles. The first-order valence-electron chi connectivity index (χ1n) is 11.8. The molecule has 2 aromatic carbocycles. The van der Waals surface area contributed by atoms with Gasteiger partial charge in [0.2, 0.25) is 21.5 Å². The minimum Gasteiger partial charge on any atom is -0.326 e. The molecule has 2 amide bonds. The fourth-order valence-corrected chi connectivity index (χ4v) is 6.23. The van der Waals surface area contributed by atoms with Crippen molar-refractivity contribution in [2.45, 2.75) is 56.8 Å². The molecule has 2 aliphatic rings. The third-order valence-electron chi connectivity index (χ3n) is 6.57. The van der Waals surface area contributed by atoms with Crippen LogP contribution in [0.5, 0.6) is 0 Å². The Morgan fingerprint density at radius 3 is 2.13 bits per heavy atom. The number of alkyl halides is 3. The topological polar surface area (TPSA) is 113 Å². The van der Waals surface area contributed by atoms with E-state index in [4.69, 9.17) is 0 Å². The summed E-state index contributed by atoms with van der Waals surface area (Å²) in [4.78, 5) is 38.4. The summed E-state index contributed by atoms with van der Waals surface area (Å²) >= 11 is 0. The van der Waals surface area contributed by atoms with Gasteiger partial charge in [-0.15, -0.1) is 0 Å². The highest BCUT2D eigenvalue weighted by atomic mass is 32.2. The van der Waals surface area contributed by atoms with Crippen LogP contribution in [0, 0.1) is 11.2 Å². The van der Waals surface area contributed by atoms with E-state index in [9.17, 15) is 40.4 Å². The van der Waals surface area contributed by atoms with E-state index in [2.05, 4.69) is 5.32 Å². The molecule has 1 heterocycles. The molecule has 208 valence electrons. The standard InChI is InChI=1S/C26H25F4N3O5S/c1-15(34)31-18-8-10-19(11-9-18)39(37,38)32-25(26(28,29)30)22-20(12-24(2,3)13-21(22)35)33(23(25)36)14-16-4-6-17(27)7-5-16/h4-11,32H,12-14H2,1-3H3,(H,31,34)/t25-/m0/s1. The van der Waals surface area contributed by atoms with Gasteiger partial charge in [-0.3, -0.25) is 14.4 Å². The lowest BCUT2D eigenvalue weighted by Gasteiger charge is -2.35. The van der Waals surface area contributed by atoms with E-state index in [1.807, 2.05) is 0 Å². The molecule has 0 radical (unpaired) electrons. The van der Waals surface area contributed by atoms with Crippen molar-refractivity contribution in [2.75, 3.05) is 5.32 Å². The highest BCUT2D eigenvalue weighted by Gasteiger charge is 2.72. The Bertz CT molecular complexity index is 1480. The Morgan fingerprint density at radius 1 is 1.00 bits per heavy atom. The molecule has 2 N–H and O–H groups in total. The van der Waals surface area contributed by atoms with Crippen LogP contribution in [0.1, 0.15) is 39.2 Å². The van der Waals surface area contributed by atoms with Gasteiger partial charge in [-0.1, -0.05) is 26.0 Å². The van der Waals surface area contributed by atoms with Crippen molar-refractivity contribution in [3.8, 4) is 0 Å². The fourth-order valence-electron chi connectivity index (χ4n) is 4.91. The Kier molecular flexibility index (Phi) is 6.97. The first kappa shape index (κ1) is 28.4. The number of Topliss-reactive ketones (excluding diaryl/α,β-unsaturated/α-hetero) is 1. The monoisotopic (exact) mass is 567 g/mol. The van der Waals surface area contributed by atoms with Crippen LogP contribution in [0.3, 0.4) is 0 Å². The number of benzene rings is 2. The van der Waals surface area contributed by atoms with Crippen LogP contribution in [0.2, 0.25) is 0 Å². The van der Waals surface area contributed by atoms with E-state index in [-0.39, 0.29) is 29.8 Å². The molecule has 0 fully saturated rings. The third kappa shape index (κ3) is 5.20. The predicted octanol–water partition coefficient (Wildman–Crippen LogP) is 4.05. The van der Waals surface area contributed by atoms with Crippen LogP contribution in [0.4, 0.5) is 23.2 Å². The number of halogens is 4. The van der Waals surface area contributed by atoms with Crippen molar-refractivity contribution in [3.05, 3.63) is 71.2 Å². The molecule has 1 atom stereocenters. The Balaban J connectivity index is 1.85. The molecular formula is C26H25F4N3O5S. The van der Waals surface area contributed by atoms with Crippen molar-refractivity contribution in [2.24, 2.45) is 5.41 Å². The van der Waals surface area contributed by atoms with Crippen LogP contribution >= 0.6 is 0 Å². The van der Waals surface area contributed by atoms with E-state index >= 15 is 0 Å². The highest BCUT2D eigenvalue weighted by molar-refractivity contribution is 7.89. The minimum atomic E-state index is -5.54. The smallest absolute Gasteiger partial charge is 0.326 e. The zero-order valence-corrected chi connectivity index (χ0v) is 22.0. The maximum absolute atomic E-state index is 15.0. The molecule has 0 unspecified atom stereocenters. The van der Waals surface area contributed by atoms with Gasteiger partial charge in [0.1, 0.15) is 5.82 Å². The second-order valence-corrected chi connectivity index (χ2v) is 12.0. The number of carbonyl (C=O) groups is 3. The quantitative estimate of drug-likeness (QED) is 0.512. The maximum atomic E-state index is 15.0. The first-order valence-corrected chi connectivity index (χ1v) is 13.3. The Labute approximate surface area is 222 Å². The van der Waals surface area contributed by atoms with Crippen molar-refractivity contribution >= 4 is 33.3 Å². The summed E-state index contributed by atoms with van der Waals surface area (Å²) in [6.07, 6.45) is -5.98. The van der Waals surface area contributed by atoms with E-state index < -0.39 is 67.6 Å². The number of nitrogens with one attached hydrogen (secondary N) is 2. The summed E-state index contributed by atoms with van der Waals surface area (Å²) in [6.45, 7) is 4.09. The highest BCUT2D eigenvalue weighted by Crippen LogP contribution is 2.52. The van der Waals surface area contributed by atoms with Gasteiger partial charge >= 0.3 is 6.18 Å². The lowest BCUT2D eigenvalue weighted by Crippen LogP contribution is -2.66. The second-order valence-electron chi connectivity index (χ2n) is 10.3. The largest absolute Gasteiger partial charge is 0.421 e. The van der Waals surface area contributed by atoms with Crippen LogP contribution in [-0.4, -0.2) is 42.6 Å². The SMILES string of the molecule is CC(=O)Nc1ccc(S(=O)(=O)N[C@]2(C(F)(F)F)C(=O)N(Cc3ccc(F)cc3)C3=C2C(=O)CC(C)(C)C3)cc1. The van der Waals surface area contributed by atoms with Gasteiger partial charge in [0.05, 0.1) is 17.0 Å². The van der Waals surface area contributed by atoms with Crippen LogP contribution in [0.25, 0.3) is 0 Å². The summed E-state index contributed by atoms with van der Waals surface area (Å²) in [7, 11) is -5.03. The number of anilines is 1. The van der Waals surface area contributed by atoms with E-state index in [0.29, 0.717) is 0 Å². The number of allylic oxidation sites excluding steroid dienone is 1. The summed E-state index contributed by atoms with van der Waals surface area (Å²) in [5.41, 5.74) is -5.39. The molecule has 39 heavy (non-hydrogen) atoms. The summed E-state index contributed by atoms with van der Waals surface area (Å²) in [5, 5.41) is 2.41. The van der Waals surface area contributed by atoms with Gasteiger partial charge in [-0.25, -0.2) is 12.8 Å². The van der Waals surface area contributed by atoms with Crippen molar-refractivity contribution < 1.29 is 40.4 Å². The van der Waals surface area contributed by atoms with Gasteiger partial charge < -0.3 is 10.2 Å². The lowest BCUT2D eigenvalue weighted by atomic mass is 9.72. The number of carbonyl (C=O) groups excluding carboxylic acids is 3. The number of sulfonamides is 1. The molecule has 1 aliphatic heterocycles. The van der Waals surface area contributed by atoms with Gasteiger partial charge in [-0.05, 0) is 53.8 Å². The maximum Gasteiger partial charge on any atom is 0.421 e. The molecule has 4 rings (SSSR count). The fraction of sp³-hybridized carbons (Fsp3) is 0.346. The molecular weight excluding hydrogens is 542 g/mol. The lowest BCUT2D eigenvalue weighted by molar-refractivity contribution is -0.189. The number of hydrogen-bond donors (Lipinski definition) is 2. The van der Waals surface area contributed by atoms with E-state index in [1.54, 1.807) is 18.6 Å². The molecule has 1 aliphatic carbocycles. The molecule has 0 spiro atoms. The minimum absolute atomic E-state index is 0.105. The number of ketones is 1. The normalized spacial score (nSPS) is 21.3. The Hall–Kier alpha value is -3.58. The molecule has 2 aromatic rings. The number of hydrogen-bond acceptors (Lipinski definition) is 5.